The van der Waals surface area contributed by atoms with Crippen LogP contribution < -0.4 is 10.5 Å². The third-order valence-electron chi connectivity index (χ3n) is 2.27. The number of hydrogen-bond donors (Lipinski definition) is 1. The molecular formula is C13H8N4O. The molecule has 0 atom stereocenters. The second-order valence-corrected chi connectivity index (χ2v) is 3.43. The number of nitriles is 2. The van der Waals surface area contributed by atoms with E-state index in [1.54, 1.807) is 24.3 Å². The molecule has 0 spiro atoms. The van der Waals surface area contributed by atoms with Crippen molar-refractivity contribution in [2.24, 2.45) is 0 Å². The van der Waals surface area contributed by atoms with Crippen LogP contribution >= 0.6 is 0 Å². The van der Waals surface area contributed by atoms with E-state index in [-0.39, 0.29) is 11.6 Å². The van der Waals surface area contributed by atoms with Gasteiger partial charge in [0.25, 0.3) is 0 Å². The van der Waals surface area contributed by atoms with Crippen LogP contribution in [0.2, 0.25) is 0 Å². The van der Waals surface area contributed by atoms with Crippen molar-refractivity contribution in [3.05, 3.63) is 47.7 Å². The Hall–Kier alpha value is -3.05. The van der Waals surface area contributed by atoms with Crippen LogP contribution in [0.15, 0.2) is 36.5 Å². The zero-order chi connectivity index (χ0) is 13.0. The van der Waals surface area contributed by atoms with E-state index in [0.29, 0.717) is 16.9 Å². The van der Waals surface area contributed by atoms with E-state index >= 15 is 0 Å². The van der Waals surface area contributed by atoms with Gasteiger partial charge in [-0.3, -0.25) is 0 Å². The van der Waals surface area contributed by atoms with Gasteiger partial charge in [-0.1, -0.05) is 0 Å². The van der Waals surface area contributed by atoms with Crippen LogP contribution in [0, 0.1) is 22.7 Å². The monoisotopic (exact) mass is 236 g/mol. The van der Waals surface area contributed by atoms with Crippen molar-refractivity contribution in [2.45, 2.75) is 0 Å². The van der Waals surface area contributed by atoms with E-state index in [0.717, 1.165) is 0 Å². The summed E-state index contributed by atoms with van der Waals surface area (Å²) in [6.07, 6.45) is 1.45. The first-order chi connectivity index (χ1) is 8.74. The molecule has 18 heavy (non-hydrogen) atoms. The third kappa shape index (κ3) is 2.21. The number of benzene rings is 1. The first-order valence-electron chi connectivity index (χ1n) is 5.07. The highest BCUT2D eigenvalue weighted by Crippen LogP contribution is 2.27. The molecule has 1 aromatic heterocycles. The van der Waals surface area contributed by atoms with Crippen molar-refractivity contribution in [1.82, 2.24) is 4.98 Å². The van der Waals surface area contributed by atoms with Gasteiger partial charge in [0.05, 0.1) is 17.2 Å². The van der Waals surface area contributed by atoms with Gasteiger partial charge < -0.3 is 10.5 Å². The lowest BCUT2D eigenvalue weighted by Crippen LogP contribution is -1.97. The predicted octanol–water partition coefficient (Wildman–Crippen LogP) is 2.20. The summed E-state index contributed by atoms with van der Waals surface area (Å²) in [4.78, 5) is 3.96. The molecule has 0 saturated heterocycles. The molecule has 0 aliphatic heterocycles. The standard InChI is InChI=1S/C13H8N4O/c14-7-9-1-3-11(4-2-9)18-13-12(16)10(8-15)5-6-17-13/h1-6H,16H2. The maximum atomic E-state index is 8.83. The van der Waals surface area contributed by atoms with Crippen LogP contribution in [-0.4, -0.2) is 4.98 Å². The quantitative estimate of drug-likeness (QED) is 0.862. The number of nitrogens with two attached hydrogens (primary N) is 1. The Bertz CT molecular complexity index is 650. The van der Waals surface area contributed by atoms with E-state index < -0.39 is 0 Å². The van der Waals surface area contributed by atoms with Gasteiger partial charge in [0.2, 0.25) is 5.88 Å². The largest absolute Gasteiger partial charge is 0.437 e. The number of pyridine rings is 1. The fourth-order valence-corrected chi connectivity index (χ4v) is 1.34. The lowest BCUT2D eigenvalue weighted by Gasteiger charge is -2.07. The van der Waals surface area contributed by atoms with E-state index in [4.69, 9.17) is 21.0 Å². The predicted molar refractivity (Wildman–Crippen MR) is 64.6 cm³/mol. The van der Waals surface area contributed by atoms with Crippen LogP contribution in [-0.2, 0) is 0 Å². The highest BCUT2D eigenvalue weighted by atomic mass is 16.5. The van der Waals surface area contributed by atoms with Crippen molar-refractivity contribution in [3.8, 4) is 23.8 Å². The van der Waals surface area contributed by atoms with Gasteiger partial charge in [0.1, 0.15) is 17.5 Å². The van der Waals surface area contributed by atoms with Crippen LogP contribution in [0.3, 0.4) is 0 Å². The Labute approximate surface area is 104 Å². The molecule has 1 heterocycles. The van der Waals surface area contributed by atoms with E-state index in [2.05, 4.69) is 4.98 Å². The Morgan fingerprint density at radius 1 is 1.06 bits per heavy atom. The Morgan fingerprint density at radius 3 is 2.39 bits per heavy atom. The average molecular weight is 236 g/mol. The van der Waals surface area contributed by atoms with Gasteiger partial charge in [0.15, 0.2) is 0 Å². The minimum Gasteiger partial charge on any atom is -0.437 e. The molecule has 1 aromatic carbocycles. The molecule has 2 rings (SSSR count). The van der Waals surface area contributed by atoms with Gasteiger partial charge in [-0.2, -0.15) is 10.5 Å². The smallest absolute Gasteiger partial charge is 0.244 e. The van der Waals surface area contributed by atoms with E-state index in [1.807, 2.05) is 12.1 Å². The second kappa shape index (κ2) is 4.86. The van der Waals surface area contributed by atoms with E-state index in [1.165, 1.54) is 12.3 Å². The van der Waals surface area contributed by atoms with Gasteiger partial charge in [-0.25, -0.2) is 4.98 Å². The Kier molecular flexibility index (Phi) is 3.08. The molecule has 0 saturated carbocycles. The maximum Gasteiger partial charge on any atom is 0.244 e. The fourth-order valence-electron chi connectivity index (χ4n) is 1.34. The number of rotatable bonds is 2. The van der Waals surface area contributed by atoms with Crippen molar-refractivity contribution >= 4 is 5.69 Å². The molecule has 0 amide bonds. The minimum atomic E-state index is 0.179. The first-order valence-corrected chi connectivity index (χ1v) is 5.07. The molecule has 0 bridgehead atoms. The molecule has 0 radical (unpaired) electrons. The third-order valence-corrected chi connectivity index (χ3v) is 2.27. The second-order valence-electron chi connectivity index (χ2n) is 3.43. The number of nitrogen functional groups attached to an aromatic ring is 1. The highest BCUT2D eigenvalue weighted by molar-refractivity contribution is 5.60. The summed E-state index contributed by atoms with van der Waals surface area (Å²) in [5, 5.41) is 17.5. The summed E-state index contributed by atoms with van der Waals surface area (Å²) < 4.78 is 5.45. The first kappa shape index (κ1) is 11.4. The number of nitrogens with zero attached hydrogens (tertiary/aromatic N) is 3. The normalized spacial score (nSPS) is 9.22. The van der Waals surface area contributed by atoms with Gasteiger partial charge in [-0.05, 0) is 30.3 Å². The lowest BCUT2D eigenvalue weighted by molar-refractivity contribution is 0.465. The van der Waals surface area contributed by atoms with Crippen molar-refractivity contribution < 1.29 is 4.74 Å². The van der Waals surface area contributed by atoms with Crippen LogP contribution in [0.25, 0.3) is 0 Å². The molecule has 0 fully saturated rings. The van der Waals surface area contributed by atoms with E-state index in [9.17, 15) is 0 Å². The van der Waals surface area contributed by atoms with Crippen molar-refractivity contribution in [2.75, 3.05) is 5.73 Å². The Balaban J connectivity index is 2.29. The molecule has 0 aliphatic rings. The SMILES string of the molecule is N#Cc1ccc(Oc2nccc(C#N)c2N)cc1. The number of anilines is 1. The molecule has 2 N–H and O–H groups in total. The summed E-state index contributed by atoms with van der Waals surface area (Å²) >= 11 is 0. The average Bonchev–Trinajstić information content (AvgIpc) is 2.42. The van der Waals surface area contributed by atoms with Crippen molar-refractivity contribution in [3.63, 3.8) is 0 Å². The highest BCUT2D eigenvalue weighted by Gasteiger charge is 2.08. The minimum absolute atomic E-state index is 0.179. The Morgan fingerprint density at radius 2 is 1.78 bits per heavy atom. The summed E-state index contributed by atoms with van der Waals surface area (Å²) in [5.74, 6) is 0.682. The fraction of sp³-hybridized carbons (Fsp3) is 0. The number of ether oxygens (including phenoxy) is 1. The topological polar surface area (TPSA) is 95.7 Å². The molecule has 5 heteroatoms. The number of hydrogen-bond acceptors (Lipinski definition) is 5. The van der Waals surface area contributed by atoms with Crippen LogP contribution in [0.1, 0.15) is 11.1 Å². The lowest BCUT2D eigenvalue weighted by atomic mass is 10.2. The van der Waals surface area contributed by atoms with Gasteiger partial charge in [0, 0.05) is 6.20 Å². The maximum absolute atomic E-state index is 8.83. The summed E-state index contributed by atoms with van der Waals surface area (Å²) in [6, 6.07) is 12.0. The molecule has 2 aromatic rings. The summed E-state index contributed by atoms with van der Waals surface area (Å²) in [5.41, 5.74) is 6.78. The molecule has 0 aliphatic carbocycles. The molecule has 5 nitrogen and oxygen atoms in total. The molecule has 0 unspecified atom stereocenters. The molecule has 86 valence electrons. The summed E-state index contributed by atoms with van der Waals surface area (Å²) in [7, 11) is 0. The zero-order valence-corrected chi connectivity index (χ0v) is 9.29. The van der Waals surface area contributed by atoms with Gasteiger partial charge in [-0.15, -0.1) is 0 Å². The zero-order valence-electron chi connectivity index (χ0n) is 9.29. The summed E-state index contributed by atoms with van der Waals surface area (Å²) in [6.45, 7) is 0. The van der Waals surface area contributed by atoms with Crippen LogP contribution in [0.5, 0.6) is 11.6 Å². The van der Waals surface area contributed by atoms with Crippen LogP contribution in [0.4, 0.5) is 5.69 Å². The molecular weight excluding hydrogens is 228 g/mol. The number of aromatic nitrogens is 1. The van der Waals surface area contributed by atoms with Gasteiger partial charge >= 0.3 is 0 Å². The van der Waals surface area contributed by atoms with Crippen molar-refractivity contribution in [1.29, 1.82) is 10.5 Å².